The monoisotopic (exact) mass is 460 g/mol. The molecular weight excluding hydrogens is 436 g/mol. The Bertz CT molecular complexity index is 1170. The molecule has 0 unspecified atom stereocenters. The largest absolute Gasteiger partial charge is 0.497 e. The zero-order chi connectivity index (χ0) is 23.7. The zero-order valence-electron chi connectivity index (χ0n) is 17.9. The summed E-state index contributed by atoms with van der Waals surface area (Å²) in [5.41, 5.74) is 0.888. The van der Waals surface area contributed by atoms with Gasteiger partial charge in [0.1, 0.15) is 42.0 Å². The molecule has 1 fully saturated rings. The van der Waals surface area contributed by atoms with Crippen LogP contribution in [0.1, 0.15) is 0 Å². The molecule has 1 aromatic heterocycles. The molecular formula is C23H24O10. The van der Waals surface area contributed by atoms with Gasteiger partial charge in [0.05, 0.1) is 31.8 Å². The first kappa shape index (κ1) is 23.0. The maximum absolute atomic E-state index is 13.1. The Labute approximate surface area is 188 Å². The van der Waals surface area contributed by atoms with Crippen LogP contribution in [0.15, 0.2) is 51.9 Å². The topological polar surface area (TPSA) is 148 Å². The van der Waals surface area contributed by atoms with Gasteiger partial charge in [-0.15, -0.1) is 0 Å². The highest BCUT2D eigenvalue weighted by Gasteiger charge is 2.45. The molecule has 0 bridgehead atoms. The molecule has 5 atom stereocenters. The lowest BCUT2D eigenvalue weighted by atomic mass is 9.99. The predicted molar refractivity (Wildman–Crippen MR) is 115 cm³/mol. The van der Waals surface area contributed by atoms with Gasteiger partial charge in [0.15, 0.2) is 11.5 Å². The molecule has 10 heteroatoms. The van der Waals surface area contributed by atoms with Gasteiger partial charge in [-0.25, -0.2) is 0 Å². The van der Waals surface area contributed by atoms with Gasteiger partial charge in [0.25, 0.3) is 0 Å². The van der Waals surface area contributed by atoms with Crippen LogP contribution in [0.3, 0.4) is 0 Å². The van der Waals surface area contributed by atoms with Gasteiger partial charge >= 0.3 is 0 Å². The Hall–Kier alpha value is -3.15. The summed E-state index contributed by atoms with van der Waals surface area (Å²) in [6.07, 6.45) is -5.94. The van der Waals surface area contributed by atoms with Gasteiger partial charge in [-0.2, -0.15) is 0 Å². The van der Waals surface area contributed by atoms with E-state index in [4.69, 9.17) is 23.4 Å². The summed E-state index contributed by atoms with van der Waals surface area (Å²) in [5, 5.41) is 39.7. The lowest BCUT2D eigenvalue weighted by Gasteiger charge is -2.39. The molecule has 1 aliphatic rings. The van der Waals surface area contributed by atoms with E-state index in [9.17, 15) is 25.2 Å². The summed E-state index contributed by atoms with van der Waals surface area (Å²) < 4.78 is 27.2. The number of fused-ring (bicyclic) bond motifs is 1. The highest BCUT2D eigenvalue weighted by atomic mass is 16.7. The fraction of sp³-hybridized carbons (Fsp3) is 0.348. The van der Waals surface area contributed by atoms with Crippen molar-refractivity contribution in [1.82, 2.24) is 0 Å². The van der Waals surface area contributed by atoms with Crippen molar-refractivity contribution < 1.29 is 43.8 Å². The zero-order valence-corrected chi connectivity index (χ0v) is 17.9. The normalized spacial score (nSPS) is 25.1. The van der Waals surface area contributed by atoms with E-state index in [-0.39, 0.29) is 27.9 Å². The van der Waals surface area contributed by atoms with Gasteiger partial charge in [-0.3, -0.25) is 4.79 Å². The smallest absolute Gasteiger partial charge is 0.229 e. The van der Waals surface area contributed by atoms with E-state index in [0.29, 0.717) is 16.9 Å². The third-order valence-electron chi connectivity index (χ3n) is 5.55. The van der Waals surface area contributed by atoms with Crippen molar-refractivity contribution in [2.75, 3.05) is 20.8 Å². The van der Waals surface area contributed by atoms with E-state index in [1.54, 1.807) is 31.4 Å². The Morgan fingerprint density at radius 1 is 0.939 bits per heavy atom. The first-order valence-corrected chi connectivity index (χ1v) is 10.1. The van der Waals surface area contributed by atoms with Crippen LogP contribution >= 0.6 is 0 Å². The number of benzene rings is 2. The quantitative estimate of drug-likeness (QED) is 0.413. The minimum atomic E-state index is -1.60. The molecule has 1 saturated heterocycles. The maximum atomic E-state index is 13.1. The van der Waals surface area contributed by atoms with Crippen LogP contribution in [0, 0.1) is 0 Å². The maximum Gasteiger partial charge on any atom is 0.229 e. The fourth-order valence-electron chi connectivity index (χ4n) is 3.65. The molecule has 3 aromatic rings. The van der Waals surface area contributed by atoms with Gasteiger partial charge in [-0.1, -0.05) is 12.1 Å². The minimum absolute atomic E-state index is 0.0645. The van der Waals surface area contributed by atoms with Crippen molar-refractivity contribution >= 4 is 11.0 Å². The SMILES string of the molecule is COc1ccc(-c2coc3cc(O[C@@H]4O[C@@H](CO)[C@H](O)[C@@H](O)[C@@H]4O)c(OC)cc3c2=O)cc1. The summed E-state index contributed by atoms with van der Waals surface area (Å²) in [7, 11) is 2.92. The van der Waals surface area contributed by atoms with Crippen LogP contribution in [0.5, 0.6) is 17.2 Å². The van der Waals surface area contributed by atoms with Crippen molar-refractivity contribution in [3.8, 4) is 28.4 Å². The fourth-order valence-corrected chi connectivity index (χ4v) is 3.65. The Balaban J connectivity index is 1.70. The highest BCUT2D eigenvalue weighted by molar-refractivity contribution is 5.84. The summed E-state index contributed by atoms with van der Waals surface area (Å²) in [6, 6.07) is 9.78. The molecule has 176 valence electrons. The molecule has 0 amide bonds. The van der Waals surface area contributed by atoms with E-state index in [1.807, 2.05) is 0 Å². The van der Waals surface area contributed by atoms with Gasteiger partial charge in [0, 0.05) is 6.07 Å². The van der Waals surface area contributed by atoms with Crippen molar-refractivity contribution in [2.45, 2.75) is 30.7 Å². The second kappa shape index (κ2) is 9.38. The second-order valence-electron chi connectivity index (χ2n) is 7.52. The van der Waals surface area contributed by atoms with Crippen LogP contribution in [-0.2, 0) is 4.74 Å². The number of rotatable bonds is 6. The highest BCUT2D eigenvalue weighted by Crippen LogP contribution is 2.35. The molecule has 0 radical (unpaired) electrons. The summed E-state index contributed by atoms with van der Waals surface area (Å²) in [6.45, 7) is -0.595. The number of aliphatic hydroxyl groups excluding tert-OH is 4. The average molecular weight is 460 g/mol. The molecule has 4 rings (SSSR count). The Kier molecular flexibility index (Phi) is 6.54. The lowest BCUT2D eigenvalue weighted by Crippen LogP contribution is -2.60. The van der Waals surface area contributed by atoms with E-state index >= 15 is 0 Å². The number of ether oxygens (including phenoxy) is 4. The molecule has 2 aromatic carbocycles. The van der Waals surface area contributed by atoms with E-state index in [2.05, 4.69) is 0 Å². The van der Waals surface area contributed by atoms with Crippen LogP contribution < -0.4 is 19.6 Å². The summed E-state index contributed by atoms with van der Waals surface area (Å²) in [5.74, 6) is 0.869. The molecule has 10 nitrogen and oxygen atoms in total. The number of hydrogen-bond acceptors (Lipinski definition) is 10. The van der Waals surface area contributed by atoms with Crippen LogP contribution in [0.4, 0.5) is 0 Å². The molecule has 0 saturated carbocycles. The molecule has 2 heterocycles. The van der Waals surface area contributed by atoms with E-state index < -0.39 is 37.3 Å². The number of hydrogen-bond donors (Lipinski definition) is 4. The molecule has 0 spiro atoms. The predicted octanol–water partition coefficient (Wildman–Crippen LogP) is 0.656. The molecule has 4 N–H and O–H groups in total. The molecule has 33 heavy (non-hydrogen) atoms. The third-order valence-corrected chi connectivity index (χ3v) is 5.55. The van der Waals surface area contributed by atoms with E-state index in [0.717, 1.165) is 0 Å². The van der Waals surface area contributed by atoms with Crippen molar-refractivity contribution in [3.63, 3.8) is 0 Å². The third kappa shape index (κ3) is 4.26. The first-order valence-electron chi connectivity index (χ1n) is 10.1. The Morgan fingerprint density at radius 2 is 1.67 bits per heavy atom. The first-order chi connectivity index (χ1) is 15.9. The summed E-state index contributed by atoms with van der Waals surface area (Å²) in [4.78, 5) is 13.1. The van der Waals surface area contributed by atoms with Crippen molar-refractivity contribution in [1.29, 1.82) is 0 Å². The van der Waals surface area contributed by atoms with Crippen LogP contribution in [0.25, 0.3) is 22.1 Å². The lowest BCUT2D eigenvalue weighted by molar-refractivity contribution is -0.277. The minimum Gasteiger partial charge on any atom is -0.497 e. The van der Waals surface area contributed by atoms with Gasteiger partial charge < -0.3 is 43.8 Å². The summed E-state index contributed by atoms with van der Waals surface area (Å²) >= 11 is 0. The molecule has 1 aliphatic heterocycles. The van der Waals surface area contributed by atoms with Crippen LogP contribution in [0.2, 0.25) is 0 Å². The van der Waals surface area contributed by atoms with Crippen molar-refractivity contribution in [3.05, 3.63) is 52.9 Å². The van der Waals surface area contributed by atoms with E-state index in [1.165, 1.54) is 25.5 Å². The number of methoxy groups -OCH3 is 2. The molecule has 0 aliphatic carbocycles. The van der Waals surface area contributed by atoms with Gasteiger partial charge in [0.2, 0.25) is 11.7 Å². The Morgan fingerprint density at radius 3 is 2.30 bits per heavy atom. The second-order valence-corrected chi connectivity index (χ2v) is 7.52. The van der Waals surface area contributed by atoms with Crippen molar-refractivity contribution in [2.24, 2.45) is 0 Å². The average Bonchev–Trinajstić information content (AvgIpc) is 2.84. The standard InChI is InChI=1S/C23H24O10/c1-29-12-5-3-11(4-6-12)14-10-31-15-8-17(16(30-2)7-13(15)19(14)25)32-23-22(28)21(27)20(26)18(9-24)33-23/h3-8,10,18,20-24,26-28H,9H2,1-2H3/t18-,20-,21+,22-,23+/m0/s1. The number of aliphatic hydroxyl groups is 4. The van der Waals surface area contributed by atoms with Gasteiger partial charge in [-0.05, 0) is 23.8 Å². The van der Waals surface area contributed by atoms with Crippen LogP contribution in [-0.4, -0.2) is 72.0 Å².